The summed E-state index contributed by atoms with van der Waals surface area (Å²) in [5, 5.41) is 11.4. The lowest BCUT2D eigenvalue weighted by Gasteiger charge is -2.17. The second kappa shape index (κ2) is 6.82. The maximum Gasteiger partial charge on any atom is 0.239 e. The molecule has 13 heavy (non-hydrogen) atoms. The summed E-state index contributed by atoms with van der Waals surface area (Å²) in [6.45, 7) is 2.00. The van der Waals surface area contributed by atoms with Gasteiger partial charge in [0.15, 0.2) is 0 Å². The first-order chi connectivity index (χ1) is 6.15. The monoisotopic (exact) mass is 190 g/mol. The average Bonchev–Trinajstić information content (AvgIpc) is 2.14. The van der Waals surface area contributed by atoms with Crippen molar-refractivity contribution in [3.05, 3.63) is 0 Å². The number of rotatable bonds is 6. The summed E-state index contributed by atoms with van der Waals surface area (Å²) >= 11 is 0. The van der Waals surface area contributed by atoms with Crippen molar-refractivity contribution in [2.75, 3.05) is 20.3 Å². The zero-order valence-corrected chi connectivity index (χ0v) is 8.12. The van der Waals surface area contributed by atoms with Crippen molar-refractivity contribution in [2.45, 2.75) is 25.4 Å². The molecule has 0 rings (SSSR count). The van der Waals surface area contributed by atoms with Crippen LogP contribution in [-0.4, -0.2) is 43.4 Å². The van der Waals surface area contributed by atoms with Crippen LogP contribution in [0.15, 0.2) is 0 Å². The van der Waals surface area contributed by atoms with Gasteiger partial charge >= 0.3 is 0 Å². The summed E-state index contributed by atoms with van der Waals surface area (Å²) in [5.74, 6) is -0.289. The van der Waals surface area contributed by atoms with Crippen LogP contribution in [-0.2, 0) is 9.53 Å². The minimum absolute atomic E-state index is 0.0675. The molecule has 0 bridgehead atoms. The third-order valence-electron chi connectivity index (χ3n) is 1.74. The maximum absolute atomic E-state index is 11.2. The Morgan fingerprint density at radius 2 is 2.31 bits per heavy atom. The van der Waals surface area contributed by atoms with Gasteiger partial charge < -0.3 is 20.9 Å². The number of carbonyl (C=O) groups is 1. The Balaban J connectivity index is 3.83. The van der Waals surface area contributed by atoms with Crippen LogP contribution in [0.3, 0.4) is 0 Å². The number of hydrogen-bond donors (Lipinski definition) is 3. The van der Waals surface area contributed by atoms with E-state index in [4.69, 9.17) is 15.6 Å². The summed E-state index contributed by atoms with van der Waals surface area (Å²) < 4.78 is 4.73. The van der Waals surface area contributed by atoms with Crippen molar-refractivity contribution in [1.29, 1.82) is 0 Å². The molecule has 0 aliphatic heterocycles. The minimum atomic E-state index is -0.661. The summed E-state index contributed by atoms with van der Waals surface area (Å²) in [5.41, 5.74) is 5.47. The molecule has 2 atom stereocenters. The van der Waals surface area contributed by atoms with Gasteiger partial charge in [0.2, 0.25) is 5.91 Å². The molecule has 0 heterocycles. The molecular formula is C8H18N2O3. The van der Waals surface area contributed by atoms with Crippen molar-refractivity contribution in [2.24, 2.45) is 5.73 Å². The van der Waals surface area contributed by atoms with Crippen LogP contribution < -0.4 is 11.1 Å². The van der Waals surface area contributed by atoms with E-state index in [1.165, 1.54) is 7.11 Å². The van der Waals surface area contributed by atoms with E-state index < -0.39 is 6.04 Å². The normalized spacial score (nSPS) is 15.1. The van der Waals surface area contributed by atoms with Gasteiger partial charge in [0.05, 0.1) is 19.3 Å². The molecule has 0 aromatic carbocycles. The third kappa shape index (κ3) is 4.82. The Morgan fingerprint density at radius 3 is 2.69 bits per heavy atom. The number of nitrogens with two attached hydrogens (primary N) is 1. The van der Waals surface area contributed by atoms with Gasteiger partial charge in [-0.05, 0) is 6.42 Å². The first-order valence-corrected chi connectivity index (χ1v) is 4.31. The highest BCUT2D eigenvalue weighted by Crippen LogP contribution is 1.90. The van der Waals surface area contributed by atoms with Gasteiger partial charge in [-0.3, -0.25) is 4.79 Å². The van der Waals surface area contributed by atoms with E-state index in [-0.39, 0.29) is 25.2 Å². The number of hydrogen-bond acceptors (Lipinski definition) is 4. The SMILES string of the molecule is CC[C@@H](CO)NC(=O)C(N)COC. The fourth-order valence-electron chi connectivity index (χ4n) is 0.840. The summed E-state index contributed by atoms with van der Waals surface area (Å²) in [7, 11) is 1.48. The van der Waals surface area contributed by atoms with Crippen molar-refractivity contribution in [3.63, 3.8) is 0 Å². The Kier molecular flexibility index (Phi) is 6.48. The third-order valence-corrected chi connectivity index (χ3v) is 1.74. The predicted molar refractivity (Wildman–Crippen MR) is 49.2 cm³/mol. The van der Waals surface area contributed by atoms with E-state index in [2.05, 4.69) is 5.32 Å². The fourth-order valence-corrected chi connectivity index (χ4v) is 0.840. The molecule has 1 unspecified atom stereocenters. The molecular weight excluding hydrogens is 172 g/mol. The lowest BCUT2D eigenvalue weighted by Crippen LogP contribution is -2.48. The van der Waals surface area contributed by atoms with Crippen LogP contribution in [0, 0.1) is 0 Å². The number of ether oxygens (including phenoxy) is 1. The molecule has 0 aromatic heterocycles. The first kappa shape index (κ1) is 12.3. The lowest BCUT2D eigenvalue weighted by atomic mass is 10.2. The van der Waals surface area contributed by atoms with Crippen molar-refractivity contribution in [3.8, 4) is 0 Å². The Labute approximate surface area is 78.3 Å². The molecule has 5 heteroatoms. The van der Waals surface area contributed by atoms with Crippen LogP contribution in [0.25, 0.3) is 0 Å². The molecule has 4 N–H and O–H groups in total. The van der Waals surface area contributed by atoms with Crippen molar-refractivity contribution >= 4 is 5.91 Å². The Morgan fingerprint density at radius 1 is 1.69 bits per heavy atom. The molecule has 1 amide bonds. The zero-order chi connectivity index (χ0) is 10.3. The molecule has 0 aliphatic carbocycles. The quantitative estimate of drug-likeness (QED) is 0.493. The van der Waals surface area contributed by atoms with Crippen LogP contribution in [0.4, 0.5) is 0 Å². The number of methoxy groups -OCH3 is 1. The summed E-state index contributed by atoms with van der Waals surface area (Å²) in [4.78, 5) is 11.2. The molecule has 0 radical (unpaired) electrons. The van der Waals surface area contributed by atoms with Crippen LogP contribution >= 0.6 is 0 Å². The van der Waals surface area contributed by atoms with E-state index >= 15 is 0 Å². The van der Waals surface area contributed by atoms with Crippen molar-refractivity contribution in [1.82, 2.24) is 5.32 Å². The number of aliphatic hydroxyl groups is 1. The molecule has 5 nitrogen and oxygen atoms in total. The summed E-state index contributed by atoms with van der Waals surface area (Å²) in [6.07, 6.45) is 0.682. The van der Waals surface area contributed by atoms with Gasteiger partial charge in [0, 0.05) is 7.11 Å². The molecule has 0 fully saturated rings. The van der Waals surface area contributed by atoms with E-state index in [0.717, 1.165) is 0 Å². The molecule has 0 aliphatic rings. The number of nitrogens with one attached hydrogen (secondary N) is 1. The molecule has 0 saturated carbocycles. The van der Waals surface area contributed by atoms with Crippen LogP contribution in [0.1, 0.15) is 13.3 Å². The van der Waals surface area contributed by atoms with Gasteiger partial charge in [-0.25, -0.2) is 0 Å². The molecule has 0 aromatic rings. The predicted octanol–water partition coefficient (Wildman–Crippen LogP) is -1.15. The average molecular weight is 190 g/mol. The maximum atomic E-state index is 11.2. The van der Waals surface area contributed by atoms with Gasteiger partial charge in [-0.2, -0.15) is 0 Å². The molecule has 0 saturated heterocycles. The minimum Gasteiger partial charge on any atom is -0.394 e. The highest BCUT2D eigenvalue weighted by molar-refractivity contribution is 5.81. The zero-order valence-electron chi connectivity index (χ0n) is 8.12. The highest BCUT2D eigenvalue weighted by Gasteiger charge is 2.15. The largest absolute Gasteiger partial charge is 0.394 e. The van der Waals surface area contributed by atoms with Gasteiger partial charge in [-0.1, -0.05) is 6.92 Å². The first-order valence-electron chi connectivity index (χ1n) is 4.31. The Bertz CT molecular complexity index is 148. The van der Waals surface area contributed by atoms with Crippen LogP contribution in [0.5, 0.6) is 0 Å². The van der Waals surface area contributed by atoms with E-state index in [1.807, 2.05) is 6.92 Å². The van der Waals surface area contributed by atoms with Gasteiger partial charge in [0.1, 0.15) is 6.04 Å². The number of carbonyl (C=O) groups excluding carboxylic acids is 1. The molecule has 0 spiro atoms. The van der Waals surface area contributed by atoms with Crippen LogP contribution in [0.2, 0.25) is 0 Å². The smallest absolute Gasteiger partial charge is 0.239 e. The second-order valence-electron chi connectivity index (χ2n) is 2.86. The standard InChI is InChI=1S/C8H18N2O3/c1-3-6(4-11)10-8(12)7(9)5-13-2/h6-7,11H,3-5,9H2,1-2H3,(H,10,12)/t6-,7?/m0/s1. The van der Waals surface area contributed by atoms with E-state index in [0.29, 0.717) is 6.42 Å². The van der Waals surface area contributed by atoms with Gasteiger partial charge in [0.25, 0.3) is 0 Å². The number of aliphatic hydroxyl groups excluding tert-OH is 1. The van der Waals surface area contributed by atoms with Gasteiger partial charge in [-0.15, -0.1) is 0 Å². The fraction of sp³-hybridized carbons (Fsp3) is 0.875. The molecule has 78 valence electrons. The van der Waals surface area contributed by atoms with E-state index in [9.17, 15) is 4.79 Å². The summed E-state index contributed by atoms with van der Waals surface area (Å²) in [6, 6.07) is -0.874. The van der Waals surface area contributed by atoms with E-state index in [1.54, 1.807) is 0 Å². The lowest BCUT2D eigenvalue weighted by molar-refractivity contribution is -0.124. The highest BCUT2D eigenvalue weighted by atomic mass is 16.5. The van der Waals surface area contributed by atoms with Crippen molar-refractivity contribution < 1.29 is 14.6 Å². The number of amides is 1. The Hall–Kier alpha value is -0.650. The topological polar surface area (TPSA) is 84.6 Å². The second-order valence-corrected chi connectivity index (χ2v) is 2.86.